The Morgan fingerprint density at radius 2 is 1.33 bits per heavy atom. The lowest BCUT2D eigenvalue weighted by Gasteiger charge is -2.20. The molecule has 0 radical (unpaired) electrons. The van der Waals surface area contributed by atoms with E-state index in [1.807, 2.05) is 12.3 Å². The van der Waals surface area contributed by atoms with Crippen molar-refractivity contribution in [3.05, 3.63) is 59.2 Å². The van der Waals surface area contributed by atoms with Crippen LogP contribution >= 0.6 is 0 Å². The summed E-state index contributed by atoms with van der Waals surface area (Å²) in [6.45, 7) is 22.0. The van der Waals surface area contributed by atoms with Crippen LogP contribution in [0.1, 0.15) is 108 Å². The monoisotopic (exact) mass is 463 g/mol. The third-order valence-corrected chi connectivity index (χ3v) is 4.63. The van der Waals surface area contributed by atoms with Crippen LogP contribution < -0.4 is 4.74 Å². The number of halogens is 1. The van der Waals surface area contributed by atoms with Crippen molar-refractivity contribution in [2.24, 2.45) is 11.8 Å². The predicted molar refractivity (Wildman–Crippen MR) is 147 cm³/mol. The summed E-state index contributed by atoms with van der Waals surface area (Å²) in [5.41, 5.74) is 3.63. The minimum Gasteiger partial charge on any atom is -0.493 e. The van der Waals surface area contributed by atoms with Crippen molar-refractivity contribution in [3.63, 3.8) is 0 Å². The lowest BCUT2D eigenvalue weighted by molar-refractivity contribution is 0.269. The van der Waals surface area contributed by atoms with Gasteiger partial charge in [0.25, 0.3) is 0 Å². The van der Waals surface area contributed by atoms with Gasteiger partial charge in [-0.15, -0.1) is 0 Å². The van der Waals surface area contributed by atoms with Gasteiger partial charge in [0.1, 0.15) is 11.6 Å². The molecule has 0 bridgehead atoms. The molecule has 1 heterocycles. The number of hydrogen-bond donors (Lipinski definition) is 0. The normalized spacial score (nSPS) is 10.9. The molecule has 0 spiro atoms. The molecule has 0 saturated heterocycles. The molecule has 0 aliphatic rings. The Balaban J connectivity index is -0.000000503. The largest absolute Gasteiger partial charge is 0.493 e. The van der Waals surface area contributed by atoms with E-state index in [2.05, 4.69) is 86.4 Å². The van der Waals surface area contributed by atoms with Crippen LogP contribution in [0.2, 0.25) is 0 Å². The number of aromatic nitrogens is 1. The van der Waals surface area contributed by atoms with E-state index in [0.717, 1.165) is 12.0 Å². The van der Waals surface area contributed by atoms with Gasteiger partial charge in [-0.2, -0.15) is 0 Å². The van der Waals surface area contributed by atoms with Gasteiger partial charge in [0.15, 0.2) is 0 Å². The van der Waals surface area contributed by atoms with E-state index < -0.39 is 0 Å². The zero-order chi connectivity index (χ0) is 23.1. The Morgan fingerprint density at radius 1 is 0.788 bits per heavy atom. The summed E-state index contributed by atoms with van der Waals surface area (Å²) in [6.07, 6.45) is 3.09. The maximum Gasteiger partial charge on any atom is 0.127 e. The summed E-state index contributed by atoms with van der Waals surface area (Å²) in [5, 5.41) is 0. The van der Waals surface area contributed by atoms with Gasteiger partial charge < -0.3 is 4.74 Å². The smallest absolute Gasteiger partial charge is 0.127 e. The highest BCUT2D eigenvalue weighted by Crippen LogP contribution is 2.27. The van der Waals surface area contributed by atoms with Crippen molar-refractivity contribution in [3.8, 4) is 5.75 Å². The van der Waals surface area contributed by atoms with Gasteiger partial charge >= 0.3 is 0 Å². The molecule has 192 valence electrons. The van der Waals surface area contributed by atoms with E-state index in [0.29, 0.717) is 24.2 Å². The standard InChI is InChI=1S/C14H21FO.C13H21N.3CH4/c1-10(2)9-16-13-7-11(14(3,4)5)6-12(15)8-13;1-10(2)8-12-7-6-11(9-14-12)13(3,4)5;;;/h6-8,10H,9H2,1-5H3;6-7,9-10H,8H2,1-5H3;3*1H4. The SMILES string of the molecule is C.C.C.CC(C)COc1cc(F)cc(C(C)(C)C)c1.CC(C)Cc1ccc(C(C)(C)C)cn1. The van der Waals surface area contributed by atoms with Gasteiger partial charge in [-0.25, -0.2) is 4.39 Å². The molecule has 0 fully saturated rings. The first kappa shape index (κ1) is 35.7. The molecule has 0 amide bonds. The van der Waals surface area contributed by atoms with E-state index in [-0.39, 0.29) is 38.9 Å². The minimum atomic E-state index is -0.230. The van der Waals surface area contributed by atoms with Crippen LogP contribution in [-0.2, 0) is 17.3 Å². The number of pyridine rings is 1. The van der Waals surface area contributed by atoms with Crippen molar-refractivity contribution < 1.29 is 9.13 Å². The first-order chi connectivity index (χ1) is 13.7. The second-order valence-corrected chi connectivity index (χ2v) is 11.0. The van der Waals surface area contributed by atoms with E-state index in [9.17, 15) is 4.39 Å². The number of ether oxygens (including phenoxy) is 1. The van der Waals surface area contributed by atoms with Crippen LogP contribution in [0.25, 0.3) is 0 Å². The quantitative estimate of drug-likeness (QED) is 0.440. The Labute approximate surface area is 206 Å². The predicted octanol–water partition coefficient (Wildman–Crippen LogP) is 9.64. The zero-order valence-corrected chi connectivity index (χ0v) is 20.8. The van der Waals surface area contributed by atoms with Gasteiger partial charge in [-0.1, -0.05) is 97.6 Å². The minimum absolute atomic E-state index is 0. The van der Waals surface area contributed by atoms with E-state index >= 15 is 0 Å². The second kappa shape index (κ2) is 15.1. The van der Waals surface area contributed by atoms with Gasteiger partial charge in [0, 0.05) is 18.0 Å². The molecule has 0 atom stereocenters. The van der Waals surface area contributed by atoms with Crippen molar-refractivity contribution in [2.75, 3.05) is 6.61 Å². The Morgan fingerprint density at radius 3 is 1.73 bits per heavy atom. The molecular formula is C30H54FNO. The Bertz CT molecular complexity index is 765. The van der Waals surface area contributed by atoms with Crippen LogP contribution in [0.5, 0.6) is 5.75 Å². The lowest BCUT2D eigenvalue weighted by Crippen LogP contribution is -2.12. The zero-order valence-electron chi connectivity index (χ0n) is 20.8. The van der Waals surface area contributed by atoms with Crippen LogP contribution in [0.3, 0.4) is 0 Å². The molecule has 2 rings (SSSR count). The highest BCUT2D eigenvalue weighted by atomic mass is 19.1. The third kappa shape index (κ3) is 14.1. The van der Waals surface area contributed by atoms with Gasteiger partial charge in [0.05, 0.1) is 6.61 Å². The summed E-state index contributed by atoms with van der Waals surface area (Å²) in [5.74, 6) is 1.52. The van der Waals surface area contributed by atoms with E-state index in [1.54, 1.807) is 6.07 Å². The molecule has 0 unspecified atom stereocenters. The fourth-order valence-corrected chi connectivity index (χ4v) is 2.75. The third-order valence-electron chi connectivity index (χ3n) is 4.63. The first-order valence-corrected chi connectivity index (χ1v) is 11.1. The van der Waals surface area contributed by atoms with Crippen molar-refractivity contribution >= 4 is 0 Å². The van der Waals surface area contributed by atoms with Crippen LogP contribution in [0.15, 0.2) is 36.5 Å². The maximum absolute atomic E-state index is 13.4. The van der Waals surface area contributed by atoms with Crippen molar-refractivity contribution in [1.29, 1.82) is 0 Å². The molecule has 1 aromatic carbocycles. The molecule has 33 heavy (non-hydrogen) atoms. The Hall–Kier alpha value is -1.90. The molecule has 3 heteroatoms. The molecule has 0 N–H and O–H groups in total. The summed E-state index contributed by atoms with van der Waals surface area (Å²) in [4.78, 5) is 4.49. The summed E-state index contributed by atoms with van der Waals surface area (Å²) < 4.78 is 18.9. The maximum atomic E-state index is 13.4. The fraction of sp³-hybridized carbons (Fsp3) is 0.633. The Kier molecular flexibility index (Phi) is 16.3. The van der Waals surface area contributed by atoms with Crippen molar-refractivity contribution in [1.82, 2.24) is 4.98 Å². The van der Waals surface area contributed by atoms with Gasteiger partial charge in [-0.05, 0) is 58.4 Å². The second-order valence-electron chi connectivity index (χ2n) is 11.0. The lowest BCUT2D eigenvalue weighted by atomic mass is 9.87. The first-order valence-electron chi connectivity index (χ1n) is 11.1. The average molecular weight is 464 g/mol. The molecule has 0 aliphatic carbocycles. The topological polar surface area (TPSA) is 22.1 Å². The number of nitrogens with zero attached hydrogens (tertiary/aromatic N) is 1. The van der Waals surface area contributed by atoms with Crippen LogP contribution in [0.4, 0.5) is 4.39 Å². The molecule has 2 aromatic rings. The van der Waals surface area contributed by atoms with E-state index in [4.69, 9.17) is 4.74 Å². The number of rotatable bonds is 5. The van der Waals surface area contributed by atoms with E-state index in [1.165, 1.54) is 17.3 Å². The average Bonchev–Trinajstić information content (AvgIpc) is 2.58. The summed E-state index contributed by atoms with van der Waals surface area (Å²) >= 11 is 0. The number of hydrogen-bond acceptors (Lipinski definition) is 2. The summed E-state index contributed by atoms with van der Waals surface area (Å²) in [6, 6.07) is 9.29. The van der Waals surface area contributed by atoms with Gasteiger partial charge in [-0.3, -0.25) is 4.98 Å². The fourth-order valence-electron chi connectivity index (χ4n) is 2.75. The van der Waals surface area contributed by atoms with Crippen LogP contribution in [0, 0.1) is 17.7 Å². The molecule has 0 saturated carbocycles. The molecule has 2 nitrogen and oxygen atoms in total. The highest BCUT2D eigenvalue weighted by Gasteiger charge is 2.16. The summed E-state index contributed by atoms with van der Waals surface area (Å²) in [7, 11) is 0. The molecule has 1 aromatic heterocycles. The van der Waals surface area contributed by atoms with Crippen LogP contribution in [-0.4, -0.2) is 11.6 Å². The molecular weight excluding hydrogens is 409 g/mol. The molecule has 0 aliphatic heterocycles. The van der Waals surface area contributed by atoms with Gasteiger partial charge in [0.2, 0.25) is 0 Å². The van der Waals surface area contributed by atoms with Crippen molar-refractivity contribution in [2.45, 2.75) is 109 Å². The number of benzene rings is 1. The highest BCUT2D eigenvalue weighted by molar-refractivity contribution is 5.33.